The van der Waals surface area contributed by atoms with Crippen molar-refractivity contribution >= 4 is 35.2 Å². The molecule has 8 heteroatoms. The fourth-order valence-corrected chi connectivity index (χ4v) is 3.59. The molecule has 34 heavy (non-hydrogen) atoms. The molecular weight excluding hydrogens is 438 g/mol. The highest BCUT2D eigenvalue weighted by molar-refractivity contribution is 6.34. The molecule has 0 N–H and O–H groups in total. The number of esters is 2. The Balaban J connectivity index is 1.53. The molecule has 0 spiro atoms. The van der Waals surface area contributed by atoms with Crippen LogP contribution in [-0.2, 0) is 9.47 Å². The summed E-state index contributed by atoms with van der Waals surface area (Å²) in [5.74, 6) is -2.87. The van der Waals surface area contributed by atoms with Crippen molar-refractivity contribution in [2.45, 2.75) is 13.0 Å². The Labute approximate surface area is 194 Å². The van der Waals surface area contributed by atoms with Crippen LogP contribution in [0.25, 0.3) is 0 Å². The standard InChI is InChI=1S/C26H19NO7/c1-15(22(28)16-6-4-3-5-7-16)34-26(32)18-10-13-20-21(14-18)24(30)27(23(20)29)19-11-8-17(9-12-19)25(31)33-2/h3-15H,1-2H3/t15-/m1/s1. The van der Waals surface area contributed by atoms with E-state index in [-0.39, 0.29) is 33.7 Å². The zero-order chi connectivity index (χ0) is 24.4. The zero-order valence-electron chi connectivity index (χ0n) is 18.3. The number of benzene rings is 3. The number of hydrogen-bond donors (Lipinski definition) is 0. The minimum Gasteiger partial charge on any atom is -0.465 e. The summed E-state index contributed by atoms with van der Waals surface area (Å²) in [4.78, 5) is 63.5. The summed E-state index contributed by atoms with van der Waals surface area (Å²) in [6.45, 7) is 1.47. The highest BCUT2D eigenvalue weighted by Gasteiger charge is 2.37. The number of carbonyl (C=O) groups excluding carboxylic acids is 5. The molecule has 0 aliphatic carbocycles. The van der Waals surface area contributed by atoms with Gasteiger partial charge in [0.25, 0.3) is 11.8 Å². The van der Waals surface area contributed by atoms with Crippen molar-refractivity contribution in [1.82, 2.24) is 0 Å². The topological polar surface area (TPSA) is 107 Å². The molecule has 0 unspecified atom stereocenters. The molecule has 1 aliphatic heterocycles. The first-order valence-corrected chi connectivity index (χ1v) is 10.3. The second kappa shape index (κ2) is 9.11. The van der Waals surface area contributed by atoms with Gasteiger partial charge in [0.1, 0.15) is 0 Å². The van der Waals surface area contributed by atoms with Crippen LogP contribution in [0.15, 0.2) is 72.8 Å². The predicted octanol–water partition coefficient (Wildman–Crippen LogP) is 3.70. The van der Waals surface area contributed by atoms with Gasteiger partial charge in [0, 0.05) is 5.56 Å². The van der Waals surface area contributed by atoms with Gasteiger partial charge in [-0.3, -0.25) is 14.4 Å². The molecule has 0 fully saturated rings. The normalized spacial score (nSPS) is 13.3. The lowest BCUT2D eigenvalue weighted by Gasteiger charge is -2.14. The van der Waals surface area contributed by atoms with Crippen molar-refractivity contribution in [2.24, 2.45) is 0 Å². The maximum Gasteiger partial charge on any atom is 0.338 e. The van der Waals surface area contributed by atoms with Crippen molar-refractivity contribution < 1.29 is 33.4 Å². The molecular formula is C26H19NO7. The first kappa shape index (κ1) is 22.6. The first-order chi connectivity index (χ1) is 16.3. The van der Waals surface area contributed by atoms with Gasteiger partial charge in [0.2, 0.25) is 5.78 Å². The molecule has 2 amide bonds. The number of carbonyl (C=O) groups is 5. The van der Waals surface area contributed by atoms with E-state index in [1.54, 1.807) is 30.3 Å². The van der Waals surface area contributed by atoms with Crippen molar-refractivity contribution in [3.8, 4) is 0 Å². The Morgan fingerprint density at radius 2 is 1.35 bits per heavy atom. The molecule has 1 atom stereocenters. The van der Waals surface area contributed by atoms with Gasteiger partial charge in [-0.05, 0) is 49.4 Å². The average Bonchev–Trinajstić information content (AvgIpc) is 3.12. The molecule has 8 nitrogen and oxygen atoms in total. The second-order valence-corrected chi connectivity index (χ2v) is 7.52. The van der Waals surface area contributed by atoms with E-state index in [4.69, 9.17) is 4.74 Å². The minimum atomic E-state index is -1.04. The Morgan fingerprint density at radius 1 is 0.735 bits per heavy atom. The van der Waals surface area contributed by atoms with Crippen LogP contribution >= 0.6 is 0 Å². The Kier molecular flexibility index (Phi) is 6.05. The lowest BCUT2D eigenvalue weighted by molar-refractivity contribution is 0.0318. The highest BCUT2D eigenvalue weighted by atomic mass is 16.5. The first-order valence-electron chi connectivity index (χ1n) is 10.3. The Morgan fingerprint density at radius 3 is 2.00 bits per heavy atom. The molecule has 3 aromatic rings. The zero-order valence-corrected chi connectivity index (χ0v) is 18.3. The number of imide groups is 1. The summed E-state index contributed by atoms with van der Waals surface area (Å²) in [6, 6.07) is 18.3. The van der Waals surface area contributed by atoms with Crippen LogP contribution < -0.4 is 4.90 Å². The van der Waals surface area contributed by atoms with Crippen LogP contribution in [0.4, 0.5) is 5.69 Å². The average molecular weight is 457 g/mol. The smallest absolute Gasteiger partial charge is 0.338 e. The van der Waals surface area contributed by atoms with E-state index in [1.807, 2.05) is 0 Å². The molecule has 3 aromatic carbocycles. The van der Waals surface area contributed by atoms with Gasteiger partial charge in [0.15, 0.2) is 6.10 Å². The number of anilines is 1. The van der Waals surface area contributed by atoms with Gasteiger partial charge in [-0.25, -0.2) is 14.5 Å². The van der Waals surface area contributed by atoms with Gasteiger partial charge in [-0.2, -0.15) is 0 Å². The maximum atomic E-state index is 13.0. The van der Waals surface area contributed by atoms with Gasteiger partial charge < -0.3 is 9.47 Å². The van der Waals surface area contributed by atoms with E-state index in [0.29, 0.717) is 5.56 Å². The number of Topliss-reactive ketones (excluding diaryl/α,β-unsaturated/α-hetero) is 1. The fourth-order valence-electron chi connectivity index (χ4n) is 3.59. The van der Waals surface area contributed by atoms with Gasteiger partial charge in [-0.15, -0.1) is 0 Å². The Bertz CT molecular complexity index is 1310. The van der Waals surface area contributed by atoms with Gasteiger partial charge in [0.05, 0.1) is 35.1 Å². The fraction of sp³-hybridized carbons (Fsp3) is 0.115. The predicted molar refractivity (Wildman–Crippen MR) is 121 cm³/mol. The van der Waals surface area contributed by atoms with E-state index in [1.165, 1.54) is 56.5 Å². The van der Waals surface area contributed by atoms with Crippen LogP contribution in [0.3, 0.4) is 0 Å². The number of amides is 2. The molecule has 1 heterocycles. The van der Waals surface area contributed by atoms with Crippen LogP contribution in [0, 0.1) is 0 Å². The van der Waals surface area contributed by atoms with Crippen LogP contribution in [0.2, 0.25) is 0 Å². The van der Waals surface area contributed by atoms with E-state index in [0.717, 1.165) is 4.90 Å². The van der Waals surface area contributed by atoms with E-state index < -0.39 is 29.9 Å². The van der Waals surface area contributed by atoms with Crippen molar-refractivity contribution in [2.75, 3.05) is 12.0 Å². The summed E-state index contributed by atoms with van der Waals surface area (Å²) in [6.07, 6.45) is -1.04. The number of nitrogens with zero attached hydrogens (tertiary/aromatic N) is 1. The number of hydrogen-bond acceptors (Lipinski definition) is 7. The van der Waals surface area contributed by atoms with Crippen LogP contribution in [0.5, 0.6) is 0 Å². The number of ketones is 1. The third kappa shape index (κ3) is 4.09. The number of rotatable bonds is 6. The van der Waals surface area contributed by atoms with Gasteiger partial charge >= 0.3 is 11.9 Å². The SMILES string of the molecule is COC(=O)c1ccc(N2C(=O)c3ccc(C(=O)O[C@H](C)C(=O)c4ccccc4)cc3C2=O)cc1. The van der Waals surface area contributed by atoms with E-state index >= 15 is 0 Å². The number of ether oxygens (including phenoxy) is 2. The monoisotopic (exact) mass is 457 g/mol. The summed E-state index contributed by atoms with van der Waals surface area (Å²) < 4.78 is 9.94. The summed E-state index contributed by atoms with van der Waals surface area (Å²) in [5.41, 5.74) is 1.16. The van der Waals surface area contributed by atoms with Crippen LogP contribution in [-0.4, -0.2) is 42.7 Å². The molecule has 0 saturated heterocycles. The lowest BCUT2D eigenvalue weighted by atomic mass is 10.1. The molecule has 0 saturated carbocycles. The molecule has 0 aromatic heterocycles. The van der Waals surface area contributed by atoms with E-state index in [2.05, 4.69) is 4.74 Å². The summed E-state index contributed by atoms with van der Waals surface area (Å²) >= 11 is 0. The minimum absolute atomic E-state index is 0.0375. The number of fused-ring (bicyclic) bond motifs is 1. The largest absolute Gasteiger partial charge is 0.465 e. The summed E-state index contributed by atoms with van der Waals surface area (Å²) in [7, 11) is 1.25. The Hall–Kier alpha value is -4.59. The molecule has 1 aliphatic rings. The molecule has 0 radical (unpaired) electrons. The van der Waals surface area contributed by atoms with E-state index in [9.17, 15) is 24.0 Å². The highest BCUT2D eigenvalue weighted by Crippen LogP contribution is 2.29. The van der Waals surface area contributed by atoms with Crippen LogP contribution in [0.1, 0.15) is 58.7 Å². The second-order valence-electron chi connectivity index (χ2n) is 7.52. The quantitative estimate of drug-likeness (QED) is 0.316. The van der Waals surface area contributed by atoms with Crippen molar-refractivity contribution in [1.29, 1.82) is 0 Å². The maximum absolute atomic E-state index is 13.0. The number of methoxy groups -OCH3 is 1. The molecule has 170 valence electrons. The molecule has 4 rings (SSSR count). The summed E-state index contributed by atoms with van der Waals surface area (Å²) in [5, 5.41) is 0. The third-order valence-corrected chi connectivity index (χ3v) is 5.38. The molecule has 0 bridgehead atoms. The third-order valence-electron chi connectivity index (χ3n) is 5.38. The van der Waals surface area contributed by atoms with Crippen molar-refractivity contribution in [3.05, 3.63) is 101 Å². The van der Waals surface area contributed by atoms with Gasteiger partial charge in [-0.1, -0.05) is 30.3 Å². The lowest BCUT2D eigenvalue weighted by Crippen LogP contribution is -2.29. The van der Waals surface area contributed by atoms with Crippen molar-refractivity contribution in [3.63, 3.8) is 0 Å².